The first-order chi connectivity index (χ1) is 8.99. The Morgan fingerprint density at radius 3 is 2.63 bits per heavy atom. The zero-order chi connectivity index (χ0) is 14.0. The van der Waals surface area contributed by atoms with Gasteiger partial charge in [-0.15, -0.1) is 0 Å². The van der Waals surface area contributed by atoms with Crippen LogP contribution in [0.5, 0.6) is 0 Å². The summed E-state index contributed by atoms with van der Waals surface area (Å²) in [6.45, 7) is 1.68. The highest BCUT2D eigenvalue weighted by Gasteiger charge is 2.14. The van der Waals surface area contributed by atoms with E-state index in [1.165, 1.54) is 36.4 Å². The first-order valence-electron chi connectivity index (χ1n) is 5.50. The van der Waals surface area contributed by atoms with Gasteiger partial charge in [0.1, 0.15) is 11.6 Å². The molecule has 2 nitrogen and oxygen atoms in total. The van der Waals surface area contributed by atoms with E-state index in [-0.39, 0.29) is 15.9 Å². The van der Waals surface area contributed by atoms with Crippen LogP contribution in [0.1, 0.15) is 15.9 Å². The van der Waals surface area contributed by atoms with Gasteiger partial charge in [-0.05, 0) is 58.7 Å². The second-order valence-electron chi connectivity index (χ2n) is 4.01. The molecule has 0 radical (unpaired) electrons. The average molecular weight is 326 g/mol. The van der Waals surface area contributed by atoms with Gasteiger partial charge in [0.05, 0.1) is 10.0 Å². The molecule has 98 valence electrons. The molecule has 0 aliphatic heterocycles. The zero-order valence-electron chi connectivity index (χ0n) is 10.0. The fourth-order valence-corrected chi connectivity index (χ4v) is 2.08. The Labute approximate surface area is 117 Å². The quantitative estimate of drug-likeness (QED) is 0.876. The fraction of sp³-hybridized carbons (Fsp3) is 0.0714. The van der Waals surface area contributed by atoms with Crippen molar-refractivity contribution in [2.24, 2.45) is 0 Å². The van der Waals surface area contributed by atoms with E-state index in [4.69, 9.17) is 0 Å². The third-order valence-electron chi connectivity index (χ3n) is 2.63. The SMILES string of the molecule is Cc1cc(F)ccc1NC(=O)c1cccc(F)c1Br. The number of benzene rings is 2. The number of hydrogen-bond acceptors (Lipinski definition) is 1. The molecule has 0 fully saturated rings. The van der Waals surface area contributed by atoms with Gasteiger partial charge in [-0.2, -0.15) is 0 Å². The largest absolute Gasteiger partial charge is 0.322 e. The normalized spacial score (nSPS) is 10.3. The van der Waals surface area contributed by atoms with Crippen molar-refractivity contribution in [3.63, 3.8) is 0 Å². The lowest BCUT2D eigenvalue weighted by Crippen LogP contribution is -2.14. The van der Waals surface area contributed by atoms with E-state index >= 15 is 0 Å². The smallest absolute Gasteiger partial charge is 0.256 e. The van der Waals surface area contributed by atoms with Crippen LogP contribution in [0.15, 0.2) is 40.9 Å². The molecule has 0 bridgehead atoms. The maximum absolute atomic E-state index is 13.3. The summed E-state index contributed by atoms with van der Waals surface area (Å²) < 4.78 is 26.4. The molecule has 0 aliphatic carbocycles. The Morgan fingerprint density at radius 2 is 1.95 bits per heavy atom. The molecule has 19 heavy (non-hydrogen) atoms. The first-order valence-corrected chi connectivity index (χ1v) is 6.30. The number of halogens is 3. The van der Waals surface area contributed by atoms with E-state index in [1.807, 2.05) is 0 Å². The summed E-state index contributed by atoms with van der Waals surface area (Å²) in [5.74, 6) is -1.34. The molecule has 0 saturated carbocycles. The van der Waals surface area contributed by atoms with E-state index in [0.29, 0.717) is 11.3 Å². The Hall–Kier alpha value is -1.75. The molecule has 0 saturated heterocycles. The number of carbonyl (C=O) groups excluding carboxylic acids is 1. The van der Waals surface area contributed by atoms with Crippen molar-refractivity contribution in [3.05, 3.63) is 63.6 Å². The molecular weight excluding hydrogens is 316 g/mol. The van der Waals surface area contributed by atoms with Crippen LogP contribution in [0.3, 0.4) is 0 Å². The molecule has 0 unspecified atom stereocenters. The first kappa shape index (κ1) is 13.7. The van der Waals surface area contributed by atoms with Gasteiger partial charge in [0, 0.05) is 5.69 Å². The Bertz CT molecular complexity index is 643. The highest BCUT2D eigenvalue weighted by molar-refractivity contribution is 9.10. The summed E-state index contributed by atoms with van der Waals surface area (Å²) in [5.41, 5.74) is 1.27. The lowest BCUT2D eigenvalue weighted by molar-refractivity contribution is 0.102. The molecule has 0 aliphatic rings. The zero-order valence-corrected chi connectivity index (χ0v) is 11.6. The third kappa shape index (κ3) is 2.98. The van der Waals surface area contributed by atoms with Crippen molar-refractivity contribution in [2.45, 2.75) is 6.92 Å². The van der Waals surface area contributed by atoms with E-state index < -0.39 is 11.7 Å². The van der Waals surface area contributed by atoms with Gasteiger partial charge in [-0.3, -0.25) is 4.79 Å². The summed E-state index contributed by atoms with van der Waals surface area (Å²) in [6.07, 6.45) is 0. The number of anilines is 1. The number of carbonyl (C=O) groups is 1. The van der Waals surface area contributed by atoms with Crippen molar-refractivity contribution < 1.29 is 13.6 Å². The van der Waals surface area contributed by atoms with Gasteiger partial charge >= 0.3 is 0 Å². The van der Waals surface area contributed by atoms with Crippen molar-refractivity contribution in [2.75, 3.05) is 5.32 Å². The third-order valence-corrected chi connectivity index (χ3v) is 3.44. The molecule has 5 heteroatoms. The number of aryl methyl sites for hydroxylation is 1. The Kier molecular flexibility index (Phi) is 3.95. The summed E-state index contributed by atoms with van der Waals surface area (Å²) in [7, 11) is 0. The standard InChI is InChI=1S/C14H10BrF2NO/c1-8-7-9(16)5-6-12(8)18-14(19)10-3-2-4-11(17)13(10)15/h2-7H,1H3,(H,18,19). The number of hydrogen-bond donors (Lipinski definition) is 1. The van der Waals surface area contributed by atoms with Crippen molar-refractivity contribution in [3.8, 4) is 0 Å². The van der Waals surface area contributed by atoms with Gasteiger partial charge in [0.15, 0.2) is 0 Å². The predicted molar refractivity (Wildman–Crippen MR) is 73.2 cm³/mol. The van der Waals surface area contributed by atoms with Gasteiger partial charge in [-0.1, -0.05) is 6.07 Å². The lowest BCUT2D eigenvalue weighted by atomic mass is 10.1. The molecule has 1 N–H and O–H groups in total. The maximum Gasteiger partial charge on any atom is 0.256 e. The van der Waals surface area contributed by atoms with E-state index in [1.54, 1.807) is 6.92 Å². The second-order valence-corrected chi connectivity index (χ2v) is 4.81. The molecule has 0 aromatic heterocycles. The maximum atomic E-state index is 13.3. The minimum absolute atomic E-state index is 0.104. The molecule has 1 amide bonds. The van der Waals surface area contributed by atoms with Crippen LogP contribution in [0.4, 0.5) is 14.5 Å². The predicted octanol–water partition coefficient (Wildman–Crippen LogP) is 4.29. The van der Waals surface area contributed by atoms with Crippen LogP contribution in [0.2, 0.25) is 0 Å². The Morgan fingerprint density at radius 1 is 1.21 bits per heavy atom. The number of rotatable bonds is 2. The number of amides is 1. The van der Waals surface area contributed by atoms with Crippen molar-refractivity contribution in [1.29, 1.82) is 0 Å². The van der Waals surface area contributed by atoms with Crippen molar-refractivity contribution in [1.82, 2.24) is 0 Å². The molecule has 0 atom stereocenters. The summed E-state index contributed by atoms with van der Waals surface area (Å²) in [5, 5.41) is 2.62. The monoisotopic (exact) mass is 325 g/mol. The van der Waals surface area contributed by atoms with E-state index in [9.17, 15) is 13.6 Å². The van der Waals surface area contributed by atoms with Crippen LogP contribution < -0.4 is 5.32 Å². The summed E-state index contributed by atoms with van der Waals surface area (Å²) in [4.78, 5) is 12.0. The van der Waals surface area contributed by atoms with Crippen molar-refractivity contribution >= 4 is 27.5 Å². The highest BCUT2D eigenvalue weighted by atomic mass is 79.9. The Balaban J connectivity index is 2.28. The van der Waals surface area contributed by atoms with Gasteiger partial charge in [0.2, 0.25) is 0 Å². The molecule has 2 aromatic carbocycles. The summed E-state index contributed by atoms with van der Waals surface area (Å²) >= 11 is 3.03. The molecule has 0 heterocycles. The minimum Gasteiger partial charge on any atom is -0.322 e. The van der Waals surface area contributed by atoms with Crippen LogP contribution in [-0.4, -0.2) is 5.91 Å². The molecular formula is C14H10BrF2NO. The minimum atomic E-state index is -0.511. The molecule has 2 rings (SSSR count). The van der Waals surface area contributed by atoms with Crippen LogP contribution in [-0.2, 0) is 0 Å². The fourth-order valence-electron chi connectivity index (χ4n) is 1.64. The number of nitrogens with one attached hydrogen (secondary N) is 1. The lowest BCUT2D eigenvalue weighted by Gasteiger charge is -2.09. The van der Waals surface area contributed by atoms with E-state index in [0.717, 1.165) is 0 Å². The highest BCUT2D eigenvalue weighted by Crippen LogP contribution is 2.22. The van der Waals surface area contributed by atoms with E-state index in [2.05, 4.69) is 21.2 Å². The average Bonchev–Trinajstić information content (AvgIpc) is 2.36. The van der Waals surface area contributed by atoms with Gasteiger partial charge in [-0.25, -0.2) is 8.78 Å². The van der Waals surface area contributed by atoms with Crippen LogP contribution in [0.25, 0.3) is 0 Å². The summed E-state index contributed by atoms with van der Waals surface area (Å²) in [6, 6.07) is 8.24. The van der Waals surface area contributed by atoms with Crippen LogP contribution >= 0.6 is 15.9 Å². The van der Waals surface area contributed by atoms with Gasteiger partial charge in [0.25, 0.3) is 5.91 Å². The topological polar surface area (TPSA) is 29.1 Å². The van der Waals surface area contributed by atoms with Crippen LogP contribution in [0, 0.1) is 18.6 Å². The molecule has 0 spiro atoms. The van der Waals surface area contributed by atoms with Gasteiger partial charge < -0.3 is 5.32 Å². The molecule has 2 aromatic rings. The second kappa shape index (κ2) is 5.48.